The van der Waals surface area contributed by atoms with Crippen LogP contribution in [0.25, 0.3) is 5.69 Å². The van der Waals surface area contributed by atoms with E-state index in [1.165, 1.54) is 6.07 Å². The highest BCUT2D eigenvalue weighted by Gasteiger charge is 2.26. The largest absolute Gasteiger partial charge is 0.295 e. The first-order valence-corrected chi connectivity index (χ1v) is 5.42. The fourth-order valence-corrected chi connectivity index (χ4v) is 1.85. The van der Waals surface area contributed by atoms with Crippen molar-refractivity contribution in [2.45, 2.75) is 18.8 Å². The Kier molecular flexibility index (Phi) is 2.14. The zero-order chi connectivity index (χ0) is 12.0. The highest BCUT2D eigenvalue weighted by atomic mass is 19.1. The van der Waals surface area contributed by atoms with Gasteiger partial charge in [-0.15, -0.1) is 0 Å². The molecule has 0 unspecified atom stereocenters. The van der Waals surface area contributed by atoms with E-state index in [9.17, 15) is 13.6 Å². The van der Waals surface area contributed by atoms with Crippen LogP contribution in [-0.2, 0) is 0 Å². The Balaban J connectivity index is 2.13. The molecule has 17 heavy (non-hydrogen) atoms. The first-order chi connectivity index (χ1) is 8.15. The van der Waals surface area contributed by atoms with Crippen LogP contribution < -0.4 is 5.56 Å². The van der Waals surface area contributed by atoms with Crippen LogP contribution in [0.5, 0.6) is 0 Å². The summed E-state index contributed by atoms with van der Waals surface area (Å²) in [6.07, 6.45) is 2.07. The van der Waals surface area contributed by atoms with Crippen molar-refractivity contribution < 1.29 is 8.78 Å². The normalized spacial score (nSPS) is 15.2. The monoisotopic (exact) mass is 236 g/mol. The Morgan fingerprint density at radius 1 is 1.24 bits per heavy atom. The first kappa shape index (κ1) is 10.3. The fourth-order valence-electron chi connectivity index (χ4n) is 1.85. The number of nitrogens with one attached hydrogen (secondary N) is 1. The van der Waals surface area contributed by atoms with Crippen LogP contribution in [0.3, 0.4) is 0 Å². The van der Waals surface area contributed by atoms with Gasteiger partial charge < -0.3 is 0 Å². The molecule has 1 aliphatic carbocycles. The van der Waals surface area contributed by atoms with Gasteiger partial charge in [-0.3, -0.25) is 9.89 Å². The van der Waals surface area contributed by atoms with Crippen molar-refractivity contribution in [3.8, 4) is 5.69 Å². The second-order valence-electron chi connectivity index (χ2n) is 4.26. The number of aromatic amines is 1. The second kappa shape index (κ2) is 3.55. The molecular formula is C12H10F2N2O. The molecule has 1 N–H and O–H groups in total. The Hall–Kier alpha value is -1.91. The lowest BCUT2D eigenvalue weighted by atomic mass is 10.3. The minimum absolute atomic E-state index is 0.0816. The molecule has 1 aliphatic rings. The predicted octanol–water partition coefficient (Wildman–Crippen LogP) is 2.32. The highest BCUT2D eigenvalue weighted by Crippen LogP contribution is 2.38. The van der Waals surface area contributed by atoms with Gasteiger partial charge in [-0.25, -0.2) is 13.5 Å². The number of nitrogens with zero attached hydrogens (tertiary/aromatic N) is 1. The van der Waals surface area contributed by atoms with Crippen molar-refractivity contribution in [1.82, 2.24) is 9.78 Å². The Bertz CT molecular complexity index is 626. The molecule has 3 nitrogen and oxygen atoms in total. The van der Waals surface area contributed by atoms with Gasteiger partial charge in [0.15, 0.2) is 0 Å². The number of benzene rings is 1. The number of rotatable bonds is 2. The van der Waals surface area contributed by atoms with E-state index in [2.05, 4.69) is 5.10 Å². The van der Waals surface area contributed by atoms with Gasteiger partial charge in [-0.1, -0.05) is 0 Å². The average Bonchev–Trinajstić information content (AvgIpc) is 3.07. The molecule has 1 saturated carbocycles. The number of hydrogen-bond acceptors (Lipinski definition) is 1. The maximum atomic E-state index is 13.5. The summed E-state index contributed by atoms with van der Waals surface area (Å²) < 4.78 is 27.6. The van der Waals surface area contributed by atoms with Gasteiger partial charge in [-0.2, -0.15) is 0 Å². The van der Waals surface area contributed by atoms with E-state index < -0.39 is 11.6 Å². The number of halogens is 2. The standard InChI is InChI=1S/C12H10F2N2O/c13-8-3-4-9(14)11(5-8)16-12(17)6-10(15-16)7-1-2-7/h3-7,15H,1-2H2. The van der Waals surface area contributed by atoms with Crippen molar-refractivity contribution >= 4 is 0 Å². The SMILES string of the molecule is O=c1cc(C2CC2)[nH]n1-c1cc(F)ccc1F. The van der Waals surface area contributed by atoms with Gasteiger partial charge >= 0.3 is 0 Å². The summed E-state index contributed by atoms with van der Waals surface area (Å²) in [5.74, 6) is -0.839. The smallest absolute Gasteiger partial charge is 0.271 e. The van der Waals surface area contributed by atoms with E-state index in [4.69, 9.17) is 0 Å². The lowest BCUT2D eigenvalue weighted by molar-refractivity contribution is 0.584. The van der Waals surface area contributed by atoms with Gasteiger partial charge in [0.05, 0.1) is 0 Å². The van der Waals surface area contributed by atoms with Crippen LogP contribution in [-0.4, -0.2) is 9.78 Å². The fraction of sp³-hybridized carbons (Fsp3) is 0.250. The van der Waals surface area contributed by atoms with Gasteiger partial charge in [0.2, 0.25) is 0 Å². The molecule has 0 radical (unpaired) electrons. The molecule has 1 fully saturated rings. The summed E-state index contributed by atoms with van der Waals surface area (Å²) in [5.41, 5.74) is 0.344. The maximum Gasteiger partial charge on any atom is 0.271 e. The van der Waals surface area contributed by atoms with Crippen LogP contribution in [0, 0.1) is 11.6 Å². The van der Waals surface area contributed by atoms with Crippen molar-refractivity contribution in [3.63, 3.8) is 0 Å². The molecule has 0 atom stereocenters. The third kappa shape index (κ3) is 1.77. The van der Waals surface area contributed by atoms with Gasteiger partial charge in [0, 0.05) is 23.7 Å². The molecule has 0 bridgehead atoms. The van der Waals surface area contributed by atoms with Crippen LogP contribution in [0.4, 0.5) is 8.78 Å². The van der Waals surface area contributed by atoms with Gasteiger partial charge in [-0.05, 0) is 25.0 Å². The van der Waals surface area contributed by atoms with E-state index in [-0.39, 0.29) is 11.2 Å². The van der Waals surface area contributed by atoms with Crippen molar-refractivity contribution in [1.29, 1.82) is 0 Å². The number of hydrogen-bond donors (Lipinski definition) is 1. The molecule has 3 rings (SSSR count). The van der Waals surface area contributed by atoms with Crippen LogP contribution in [0.15, 0.2) is 29.1 Å². The predicted molar refractivity (Wildman–Crippen MR) is 58.3 cm³/mol. The second-order valence-corrected chi connectivity index (χ2v) is 4.26. The molecule has 0 aliphatic heterocycles. The molecule has 2 aromatic rings. The summed E-state index contributed by atoms with van der Waals surface area (Å²) >= 11 is 0. The molecular weight excluding hydrogens is 226 g/mol. The molecule has 1 heterocycles. The van der Waals surface area contributed by atoms with E-state index in [1.54, 1.807) is 0 Å². The number of aromatic nitrogens is 2. The summed E-state index contributed by atoms with van der Waals surface area (Å²) in [5, 5.41) is 2.83. The van der Waals surface area contributed by atoms with E-state index in [0.717, 1.165) is 41.4 Å². The van der Waals surface area contributed by atoms with Crippen molar-refractivity contribution in [3.05, 3.63) is 51.9 Å². The Morgan fingerprint density at radius 2 is 2.00 bits per heavy atom. The quantitative estimate of drug-likeness (QED) is 0.853. The van der Waals surface area contributed by atoms with E-state index in [1.807, 2.05) is 0 Å². The van der Waals surface area contributed by atoms with Crippen molar-refractivity contribution in [2.24, 2.45) is 0 Å². The van der Waals surface area contributed by atoms with Crippen molar-refractivity contribution in [2.75, 3.05) is 0 Å². The molecule has 5 heteroatoms. The van der Waals surface area contributed by atoms with E-state index in [0.29, 0.717) is 5.92 Å². The molecule has 1 aromatic heterocycles. The number of H-pyrrole nitrogens is 1. The van der Waals surface area contributed by atoms with Crippen LogP contribution in [0.2, 0.25) is 0 Å². The molecule has 0 saturated heterocycles. The minimum atomic E-state index is -0.627. The third-order valence-electron chi connectivity index (χ3n) is 2.91. The molecule has 1 aromatic carbocycles. The molecule has 0 spiro atoms. The van der Waals surface area contributed by atoms with Gasteiger partial charge in [0.25, 0.3) is 5.56 Å². The lowest BCUT2D eigenvalue weighted by Gasteiger charge is -2.03. The zero-order valence-corrected chi connectivity index (χ0v) is 8.91. The maximum absolute atomic E-state index is 13.5. The van der Waals surface area contributed by atoms with Gasteiger partial charge in [0.1, 0.15) is 17.3 Å². The highest BCUT2D eigenvalue weighted by molar-refractivity contribution is 5.34. The minimum Gasteiger partial charge on any atom is -0.295 e. The summed E-state index contributed by atoms with van der Waals surface area (Å²) in [4.78, 5) is 11.7. The Morgan fingerprint density at radius 3 is 2.71 bits per heavy atom. The lowest BCUT2D eigenvalue weighted by Crippen LogP contribution is -2.15. The summed E-state index contributed by atoms with van der Waals surface area (Å²) in [7, 11) is 0. The summed E-state index contributed by atoms with van der Waals surface area (Å²) in [6.45, 7) is 0. The third-order valence-corrected chi connectivity index (χ3v) is 2.91. The first-order valence-electron chi connectivity index (χ1n) is 5.42. The van der Waals surface area contributed by atoms with E-state index >= 15 is 0 Å². The molecule has 88 valence electrons. The Labute approximate surface area is 95.7 Å². The van der Waals surface area contributed by atoms with Crippen LogP contribution >= 0.6 is 0 Å². The molecule has 0 amide bonds. The topological polar surface area (TPSA) is 37.8 Å². The van der Waals surface area contributed by atoms with Crippen LogP contribution in [0.1, 0.15) is 24.5 Å². The zero-order valence-electron chi connectivity index (χ0n) is 8.91. The average molecular weight is 236 g/mol. The summed E-state index contributed by atoms with van der Waals surface area (Å²) in [6, 6.07) is 4.48.